The molecule has 0 radical (unpaired) electrons. The Morgan fingerprint density at radius 2 is 1.86 bits per heavy atom. The van der Waals surface area contributed by atoms with Crippen molar-refractivity contribution in [2.75, 3.05) is 6.61 Å². The lowest BCUT2D eigenvalue weighted by atomic mass is 9.82. The standard InChI is InChI=1S/C18H18O3/c1-2-21-17(19)18(20)12-14-10-6-7-11-15(14)16(18)13-8-4-3-5-9-13/h3-11,16,20H,2,12H2,1H3. The van der Waals surface area contributed by atoms with Crippen LogP contribution in [-0.4, -0.2) is 23.3 Å². The Bertz CT molecular complexity index is 651. The molecule has 0 fully saturated rings. The molecule has 3 rings (SSSR count). The smallest absolute Gasteiger partial charge is 0.339 e. The molecule has 0 saturated heterocycles. The highest BCUT2D eigenvalue weighted by atomic mass is 16.5. The van der Waals surface area contributed by atoms with Crippen molar-refractivity contribution in [3.63, 3.8) is 0 Å². The number of ether oxygens (including phenoxy) is 1. The molecule has 2 atom stereocenters. The molecule has 0 saturated carbocycles. The molecular formula is C18H18O3. The van der Waals surface area contributed by atoms with E-state index in [0.717, 1.165) is 16.7 Å². The van der Waals surface area contributed by atoms with Gasteiger partial charge >= 0.3 is 5.97 Å². The first-order valence-electron chi connectivity index (χ1n) is 7.19. The summed E-state index contributed by atoms with van der Waals surface area (Å²) in [6.07, 6.45) is 0.293. The van der Waals surface area contributed by atoms with Crippen LogP contribution in [-0.2, 0) is 16.0 Å². The van der Waals surface area contributed by atoms with Crippen LogP contribution in [0.4, 0.5) is 0 Å². The lowest BCUT2D eigenvalue weighted by Gasteiger charge is -2.28. The number of carbonyl (C=O) groups is 1. The molecule has 0 amide bonds. The van der Waals surface area contributed by atoms with Gasteiger partial charge in [0.25, 0.3) is 0 Å². The van der Waals surface area contributed by atoms with Crippen molar-refractivity contribution in [2.24, 2.45) is 0 Å². The molecule has 21 heavy (non-hydrogen) atoms. The molecule has 0 bridgehead atoms. The molecule has 0 aliphatic heterocycles. The molecule has 2 aromatic carbocycles. The zero-order valence-electron chi connectivity index (χ0n) is 12.0. The molecular weight excluding hydrogens is 264 g/mol. The second-order valence-electron chi connectivity index (χ2n) is 5.36. The zero-order chi connectivity index (χ0) is 14.9. The summed E-state index contributed by atoms with van der Waals surface area (Å²) < 4.78 is 5.12. The number of fused-ring (bicyclic) bond motifs is 1. The van der Waals surface area contributed by atoms with E-state index in [1.165, 1.54) is 0 Å². The minimum absolute atomic E-state index is 0.263. The minimum Gasteiger partial charge on any atom is -0.464 e. The van der Waals surface area contributed by atoms with E-state index in [0.29, 0.717) is 6.42 Å². The maximum absolute atomic E-state index is 12.3. The van der Waals surface area contributed by atoms with Gasteiger partial charge in [-0.3, -0.25) is 0 Å². The van der Waals surface area contributed by atoms with Crippen molar-refractivity contribution in [3.05, 3.63) is 71.3 Å². The highest BCUT2D eigenvalue weighted by molar-refractivity contribution is 5.84. The topological polar surface area (TPSA) is 46.5 Å². The van der Waals surface area contributed by atoms with E-state index in [1.807, 2.05) is 54.6 Å². The SMILES string of the molecule is CCOC(=O)C1(O)Cc2ccccc2C1c1ccccc1. The van der Waals surface area contributed by atoms with Crippen LogP contribution in [0.5, 0.6) is 0 Å². The van der Waals surface area contributed by atoms with E-state index in [-0.39, 0.29) is 12.5 Å². The molecule has 3 heteroatoms. The number of rotatable bonds is 3. The fourth-order valence-corrected chi connectivity index (χ4v) is 3.17. The van der Waals surface area contributed by atoms with Crippen LogP contribution >= 0.6 is 0 Å². The lowest BCUT2D eigenvalue weighted by Crippen LogP contribution is -2.44. The number of benzene rings is 2. The van der Waals surface area contributed by atoms with Gasteiger partial charge < -0.3 is 9.84 Å². The second kappa shape index (κ2) is 5.34. The van der Waals surface area contributed by atoms with E-state index in [9.17, 15) is 9.90 Å². The first-order chi connectivity index (χ1) is 10.2. The highest BCUT2D eigenvalue weighted by Gasteiger charge is 2.52. The Morgan fingerprint density at radius 3 is 2.57 bits per heavy atom. The zero-order valence-corrected chi connectivity index (χ0v) is 12.0. The first-order valence-corrected chi connectivity index (χ1v) is 7.19. The summed E-state index contributed by atoms with van der Waals surface area (Å²) in [6.45, 7) is 2.01. The van der Waals surface area contributed by atoms with E-state index >= 15 is 0 Å². The summed E-state index contributed by atoms with van der Waals surface area (Å²) in [5.41, 5.74) is 1.40. The predicted molar refractivity (Wildman–Crippen MR) is 80.0 cm³/mol. The number of esters is 1. The maximum Gasteiger partial charge on any atom is 0.339 e. The average Bonchev–Trinajstić information content (AvgIpc) is 2.81. The van der Waals surface area contributed by atoms with Gasteiger partial charge in [0.05, 0.1) is 6.61 Å². The Morgan fingerprint density at radius 1 is 1.19 bits per heavy atom. The Kier molecular flexibility index (Phi) is 3.52. The van der Waals surface area contributed by atoms with Crippen LogP contribution in [0.25, 0.3) is 0 Å². The first kappa shape index (κ1) is 13.8. The Hall–Kier alpha value is -2.13. The van der Waals surface area contributed by atoms with Gasteiger partial charge in [-0.1, -0.05) is 54.6 Å². The molecule has 0 heterocycles. The quantitative estimate of drug-likeness (QED) is 0.880. The molecule has 1 aliphatic rings. The van der Waals surface area contributed by atoms with Crippen molar-refractivity contribution in [2.45, 2.75) is 24.9 Å². The normalized spacial score (nSPS) is 23.6. The van der Waals surface area contributed by atoms with E-state index in [4.69, 9.17) is 4.74 Å². The van der Waals surface area contributed by atoms with Crippen LogP contribution < -0.4 is 0 Å². The van der Waals surface area contributed by atoms with Gasteiger partial charge in [-0.2, -0.15) is 0 Å². The summed E-state index contributed by atoms with van der Waals surface area (Å²) in [6, 6.07) is 17.4. The van der Waals surface area contributed by atoms with Gasteiger partial charge in [-0.25, -0.2) is 4.79 Å². The van der Waals surface area contributed by atoms with Crippen LogP contribution in [0.2, 0.25) is 0 Å². The lowest BCUT2D eigenvalue weighted by molar-refractivity contribution is -0.165. The fraction of sp³-hybridized carbons (Fsp3) is 0.278. The molecule has 0 spiro atoms. The van der Waals surface area contributed by atoms with E-state index < -0.39 is 11.6 Å². The summed E-state index contributed by atoms with van der Waals surface area (Å²) in [4.78, 5) is 12.3. The van der Waals surface area contributed by atoms with Crippen LogP contribution in [0.1, 0.15) is 29.5 Å². The Balaban J connectivity index is 2.12. The molecule has 1 aliphatic carbocycles. The van der Waals surface area contributed by atoms with Crippen LogP contribution in [0, 0.1) is 0 Å². The molecule has 3 nitrogen and oxygen atoms in total. The van der Waals surface area contributed by atoms with Gasteiger partial charge in [-0.05, 0) is 23.6 Å². The van der Waals surface area contributed by atoms with Gasteiger partial charge in [0.1, 0.15) is 0 Å². The Labute approximate surface area is 124 Å². The third-order valence-electron chi connectivity index (χ3n) is 4.07. The number of carbonyl (C=O) groups excluding carboxylic acids is 1. The maximum atomic E-state index is 12.3. The van der Waals surface area contributed by atoms with Crippen LogP contribution in [0.3, 0.4) is 0 Å². The highest BCUT2D eigenvalue weighted by Crippen LogP contribution is 2.45. The number of hydrogen-bond donors (Lipinski definition) is 1. The third kappa shape index (κ3) is 2.24. The predicted octanol–water partition coefficient (Wildman–Crippen LogP) is 2.67. The molecule has 2 aromatic rings. The largest absolute Gasteiger partial charge is 0.464 e. The van der Waals surface area contributed by atoms with Crippen molar-refractivity contribution in [1.82, 2.24) is 0 Å². The van der Waals surface area contributed by atoms with Gasteiger partial charge in [-0.15, -0.1) is 0 Å². The van der Waals surface area contributed by atoms with Crippen molar-refractivity contribution in [3.8, 4) is 0 Å². The summed E-state index contributed by atoms with van der Waals surface area (Å²) in [5.74, 6) is -0.927. The number of hydrogen-bond acceptors (Lipinski definition) is 3. The fourth-order valence-electron chi connectivity index (χ4n) is 3.17. The van der Waals surface area contributed by atoms with E-state index in [2.05, 4.69) is 0 Å². The van der Waals surface area contributed by atoms with E-state index in [1.54, 1.807) is 6.92 Å². The third-order valence-corrected chi connectivity index (χ3v) is 4.07. The second-order valence-corrected chi connectivity index (χ2v) is 5.36. The summed E-state index contributed by atoms with van der Waals surface area (Å²) in [7, 11) is 0. The molecule has 0 aromatic heterocycles. The van der Waals surface area contributed by atoms with Crippen molar-refractivity contribution >= 4 is 5.97 Å². The van der Waals surface area contributed by atoms with Gasteiger partial charge in [0.15, 0.2) is 5.60 Å². The average molecular weight is 282 g/mol. The monoisotopic (exact) mass is 282 g/mol. The van der Waals surface area contributed by atoms with Gasteiger partial charge in [0, 0.05) is 12.3 Å². The number of aliphatic hydroxyl groups is 1. The minimum atomic E-state index is -1.53. The van der Waals surface area contributed by atoms with Crippen molar-refractivity contribution in [1.29, 1.82) is 0 Å². The molecule has 108 valence electrons. The van der Waals surface area contributed by atoms with Crippen LogP contribution in [0.15, 0.2) is 54.6 Å². The van der Waals surface area contributed by atoms with Crippen molar-refractivity contribution < 1.29 is 14.6 Å². The summed E-state index contributed by atoms with van der Waals surface area (Å²) >= 11 is 0. The van der Waals surface area contributed by atoms with Gasteiger partial charge in [0.2, 0.25) is 0 Å². The molecule has 1 N–H and O–H groups in total. The summed E-state index contributed by atoms with van der Waals surface area (Å²) in [5, 5.41) is 11.1. The molecule has 2 unspecified atom stereocenters.